The SMILES string of the molecule is CC.Cc1ncc2c(-c3ccc(-n4c(=O)n(CC(=O)NCC(F)(F)F)c5ccccc54)cc3)cccn12. The Morgan fingerprint density at radius 1 is 0.946 bits per heavy atom. The zero-order valence-electron chi connectivity index (χ0n) is 20.6. The molecule has 0 atom stereocenters. The van der Waals surface area contributed by atoms with Crippen LogP contribution in [0.15, 0.2) is 77.9 Å². The Morgan fingerprint density at radius 3 is 2.30 bits per heavy atom. The first kappa shape index (κ1) is 25.7. The lowest BCUT2D eigenvalue weighted by Crippen LogP contribution is -2.37. The molecule has 0 aliphatic carbocycles. The van der Waals surface area contributed by atoms with Gasteiger partial charge < -0.3 is 9.72 Å². The van der Waals surface area contributed by atoms with E-state index in [-0.39, 0.29) is 0 Å². The molecule has 5 rings (SSSR count). The molecule has 37 heavy (non-hydrogen) atoms. The number of carbonyl (C=O) groups is 1. The summed E-state index contributed by atoms with van der Waals surface area (Å²) in [4.78, 5) is 29.8. The highest BCUT2D eigenvalue weighted by molar-refractivity contribution is 5.83. The van der Waals surface area contributed by atoms with Gasteiger partial charge in [-0.05, 0) is 42.8 Å². The summed E-state index contributed by atoms with van der Waals surface area (Å²) in [5.41, 5.74) is 3.91. The third kappa shape index (κ3) is 5.13. The molecular weight excluding hydrogens is 483 g/mol. The molecule has 3 aromatic heterocycles. The van der Waals surface area contributed by atoms with Gasteiger partial charge >= 0.3 is 11.9 Å². The molecule has 5 aromatic rings. The number of imidazole rings is 2. The first-order valence-corrected chi connectivity index (χ1v) is 11.8. The maximum atomic E-state index is 13.3. The summed E-state index contributed by atoms with van der Waals surface area (Å²) >= 11 is 0. The number of para-hydroxylation sites is 2. The average Bonchev–Trinajstić information content (AvgIpc) is 3.41. The Hall–Kier alpha value is -4.34. The van der Waals surface area contributed by atoms with Crippen LogP contribution in [0.25, 0.3) is 33.4 Å². The summed E-state index contributed by atoms with van der Waals surface area (Å²) in [5.74, 6) is -0.0241. The number of aromatic nitrogens is 4. The van der Waals surface area contributed by atoms with Crippen molar-refractivity contribution in [2.24, 2.45) is 0 Å². The van der Waals surface area contributed by atoms with Crippen molar-refractivity contribution in [1.82, 2.24) is 23.8 Å². The first-order valence-electron chi connectivity index (χ1n) is 11.8. The van der Waals surface area contributed by atoms with Gasteiger partial charge in [0.2, 0.25) is 5.91 Å². The van der Waals surface area contributed by atoms with Crippen LogP contribution < -0.4 is 11.0 Å². The minimum atomic E-state index is -4.53. The zero-order valence-corrected chi connectivity index (χ0v) is 20.6. The molecule has 2 aromatic carbocycles. The fraction of sp³-hybridized carbons (Fsp3) is 0.222. The number of amides is 1. The van der Waals surface area contributed by atoms with Gasteiger partial charge in [0.1, 0.15) is 18.9 Å². The molecule has 1 amide bonds. The van der Waals surface area contributed by atoms with E-state index in [9.17, 15) is 22.8 Å². The minimum Gasteiger partial charge on any atom is -0.345 e. The van der Waals surface area contributed by atoms with Crippen molar-refractivity contribution in [2.45, 2.75) is 33.5 Å². The summed E-state index contributed by atoms with van der Waals surface area (Å²) in [6, 6.07) is 18.1. The van der Waals surface area contributed by atoms with Gasteiger partial charge in [-0.3, -0.25) is 13.9 Å². The van der Waals surface area contributed by atoms with Gasteiger partial charge in [-0.2, -0.15) is 13.2 Å². The molecule has 0 fully saturated rings. The summed E-state index contributed by atoms with van der Waals surface area (Å²) < 4.78 is 42.0. The lowest BCUT2D eigenvalue weighted by Gasteiger charge is -2.09. The van der Waals surface area contributed by atoms with Crippen LogP contribution in [-0.4, -0.2) is 37.1 Å². The van der Waals surface area contributed by atoms with Crippen molar-refractivity contribution in [2.75, 3.05) is 6.54 Å². The number of hydrogen-bond acceptors (Lipinski definition) is 3. The molecule has 0 spiro atoms. The van der Waals surface area contributed by atoms with Crippen LogP contribution in [0.2, 0.25) is 0 Å². The van der Waals surface area contributed by atoms with E-state index < -0.39 is 30.9 Å². The molecule has 10 heteroatoms. The van der Waals surface area contributed by atoms with E-state index in [4.69, 9.17) is 0 Å². The molecule has 0 unspecified atom stereocenters. The highest BCUT2D eigenvalue weighted by Crippen LogP contribution is 2.27. The van der Waals surface area contributed by atoms with Crippen LogP contribution in [0.5, 0.6) is 0 Å². The maximum absolute atomic E-state index is 13.3. The van der Waals surface area contributed by atoms with E-state index in [1.807, 2.05) is 61.0 Å². The van der Waals surface area contributed by atoms with E-state index in [2.05, 4.69) is 4.98 Å². The fourth-order valence-electron chi connectivity index (χ4n) is 4.19. The summed E-state index contributed by atoms with van der Waals surface area (Å²) in [5, 5.41) is 1.81. The molecule has 0 saturated carbocycles. The Labute approximate surface area is 210 Å². The predicted molar refractivity (Wildman–Crippen MR) is 137 cm³/mol. The van der Waals surface area contributed by atoms with E-state index in [0.717, 1.165) is 22.5 Å². The van der Waals surface area contributed by atoms with Crippen molar-refractivity contribution < 1.29 is 18.0 Å². The number of alkyl halides is 3. The van der Waals surface area contributed by atoms with Gasteiger partial charge in [0.05, 0.1) is 28.4 Å². The standard InChI is InChI=1S/C25H20F3N5O2.C2H6/c1-16-29-13-22-19(5-4-12-31(16)22)17-8-10-18(11-9-17)33-21-7-3-2-6-20(21)32(24(33)35)14-23(34)30-15-25(26,27)28;1-2/h2-13H,14-15H2,1H3,(H,30,34);1-2H3. The number of carbonyl (C=O) groups excluding carboxylic acids is 1. The molecule has 0 bridgehead atoms. The van der Waals surface area contributed by atoms with Crippen LogP contribution in [0.1, 0.15) is 19.7 Å². The largest absolute Gasteiger partial charge is 0.405 e. The number of fused-ring (bicyclic) bond motifs is 2. The number of nitrogens with zero attached hydrogens (tertiary/aromatic N) is 4. The minimum absolute atomic E-state index is 0.447. The molecule has 7 nitrogen and oxygen atoms in total. The quantitative estimate of drug-likeness (QED) is 0.358. The number of hydrogen-bond donors (Lipinski definition) is 1. The number of nitrogens with one attached hydrogen (secondary N) is 1. The van der Waals surface area contributed by atoms with Crippen LogP contribution in [0, 0.1) is 6.92 Å². The number of pyridine rings is 1. The summed E-state index contributed by atoms with van der Waals surface area (Å²) in [6.07, 6.45) is -0.786. The van der Waals surface area contributed by atoms with Gasteiger partial charge in [0, 0.05) is 11.8 Å². The van der Waals surface area contributed by atoms with Crippen LogP contribution in [0.4, 0.5) is 13.2 Å². The highest BCUT2D eigenvalue weighted by Gasteiger charge is 2.28. The van der Waals surface area contributed by atoms with Crippen molar-refractivity contribution in [3.63, 3.8) is 0 Å². The second-order valence-corrected chi connectivity index (χ2v) is 8.11. The average molecular weight is 510 g/mol. The van der Waals surface area contributed by atoms with Crippen LogP contribution in [0.3, 0.4) is 0 Å². The van der Waals surface area contributed by atoms with Crippen LogP contribution >= 0.6 is 0 Å². The predicted octanol–water partition coefficient (Wildman–Crippen LogP) is 5.12. The number of halogens is 3. The zero-order chi connectivity index (χ0) is 26.7. The third-order valence-electron chi connectivity index (χ3n) is 5.82. The summed E-state index contributed by atoms with van der Waals surface area (Å²) in [7, 11) is 0. The van der Waals surface area contributed by atoms with Crippen molar-refractivity contribution >= 4 is 22.5 Å². The topological polar surface area (TPSA) is 73.3 Å². The van der Waals surface area contributed by atoms with Gasteiger partial charge in [-0.1, -0.05) is 44.2 Å². The molecular formula is C27H26F3N5O2. The molecule has 1 N–H and O–H groups in total. The molecule has 0 aliphatic heterocycles. The number of rotatable bonds is 5. The number of aryl methyl sites for hydroxylation is 1. The lowest BCUT2D eigenvalue weighted by molar-refractivity contribution is -0.138. The second-order valence-electron chi connectivity index (χ2n) is 8.11. The van der Waals surface area contributed by atoms with E-state index in [1.165, 1.54) is 9.13 Å². The highest BCUT2D eigenvalue weighted by atomic mass is 19.4. The van der Waals surface area contributed by atoms with Crippen LogP contribution in [-0.2, 0) is 11.3 Å². The Balaban J connectivity index is 0.00000156. The lowest BCUT2D eigenvalue weighted by atomic mass is 10.1. The molecule has 3 heterocycles. The van der Waals surface area contributed by atoms with Crippen molar-refractivity contribution in [1.29, 1.82) is 0 Å². The van der Waals surface area contributed by atoms with E-state index in [0.29, 0.717) is 16.7 Å². The van der Waals surface area contributed by atoms with Gasteiger partial charge in [-0.25, -0.2) is 9.78 Å². The third-order valence-corrected chi connectivity index (χ3v) is 5.82. The Bertz CT molecular complexity index is 1610. The Kier molecular flexibility index (Phi) is 7.19. The molecule has 0 aliphatic rings. The molecule has 0 radical (unpaired) electrons. The van der Waals surface area contributed by atoms with Gasteiger partial charge in [0.15, 0.2) is 0 Å². The normalized spacial score (nSPS) is 11.4. The fourth-order valence-corrected chi connectivity index (χ4v) is 4.19. The molecule has 0 saturated heterocycles. The first-order chi connectivity index (χ1) is 17.7. The molecule has 192 valence electrons. The van der Waals surface area contributed by atoms with E-state index in [1.54, 1.807) is 42.6 Å². The maximum Gasteiger partial charge on any atom is 0.405 e. The Morgan fingerprint density at radius 2 is 1.62 bits per heavy atom. The van der Waals surface area contributed by atoms with Gasteiger partial charge in [0.25, 0.3) is 0 Å². The van der Waals surface area contributed by atoms with Crippen molar-refractivity contribution in [3.8, 4) is 16.8 Å². The summed E-state index contributed by atoms with van der Waals surface area (Å²) in [6.45, 7) is 3.94. The van der Waals surface area contributed by atoms with E-state index >= 15 is 0 Å². The number of benzene rings is 2. The monoisotopic (exact) mass is 509 g/mol. The van der Waals surface area contributed by atoms with Gasteiger partial charge in [-0.15, -0.1) is 0 Å². The van der Waals surface area contributed by atoms with Crippen molar-refractivity contribution in [3.05, 3.63) is 89.4 Å². The second kappa shape index (κ2) is 10.3. The smallest absolute Gasteiger partial charge is 0.345 e.